The Hall–Kier alpha value is -3.42. The van der Waals surface area contributed by atoms with Crippen LogP contribution in [0.2, 0.25) is 0 Å². The normalized spacial score (nSPS) is 16.5. The van der Waals surface area contributed by atoms with Gasteiger partial charge in [-0.15, -0.1) is 0 Å². The van der Waals surface area contributed by atoms with Gasteiger partial charge in [-0.2, -0.15) is 0 Å². The van der Waals surface area contributed by atoms with Gasteiger partial charge in [0.2, 0.25) is 0 Å². The number of hydrogen-bond acceptors (Lipinski definition) is 5. The Morgan fingerprint density at radius 3 is 2.94 bits per heavy atom. The molecule has 0 unspecified atom stereocenters. The maximum absolute atomic E-state index is 12.9. The highest BCUT2D eigenvalue weighted by molar-refractivity contribution is 6.03. The van der Waals surface area contributed by atoms with E-state index in [2.05, 4.69) is 25.6 Å². The second-order valence-electron chi connectivity index (χ2n) is 8.32. The minimum Gasteiger partial charge on any atom is -0.482 e. The lowest BCUT2D eigenvalue weighted by Crippen LogP contribution is -2.26. The van der Waals surface area contributed by atoms with E-state index in [9.17, 15) is 9.59 Å². The average Bonchev–Trinajstić information content (AvgIpc) is 3.20. The van der Waals surface area contributed by atoms with Gasteiger partial charge in [-0.25, -0.2) is 9.97 Å². The molecule has 1 aromatic carbocycles. The van der Waals surface area contributed by atoms with Crippen LogP contribution in [0.1, 0.15) is 53.7 Å². The summed E-state index contributed by atoms with van der Waals surface area (Å²) in [5.74, 6) is 0.863. The van der Waals surface area contributed by atoms with E-state index in [0.29, 0.717) is 35.1 Å². The number of amides is 2. The Balaban J connectivity index is 1.30. The Morgan fingerprint density at radius 1 is 1.19 bits per heavy atom. The van der Waals surface area contributed by atoms with Gasteiger partial charge in [0.1, 0.15) is 12.1 Å². The van der Waals surface area contributed by atoms with E-state index in [1.165, 1.54) is 38.4 Å². The zero-order valence-corrected chi connectivity index (χ0v) is 17.2. The molecule has 0 spiro atoms. The molecule has 5 rings (SSSR count). The molecule has 2 aliphatic rings. The van der Waals surface area contributed by atoms with E-state index < -0.39 is 0 Å². The van der Waals surface area contributed by atoms with Crippen molar-refractivity contribution in [3.05, 3.63) is 47.5 Å². The van der Waals surface area contributed by atoms with Crippen LogP contribution in [0.3, 0.4) is 0 Å². The summed E-state index contributed by atoms with van der Waals surface area (Å²) < 4.78 is 5.37. The van der Waals surface area contributed by atoms with Gasteiger partial charge in [-0.3, -0.25) is 9.59 Å². The molecule has 31 heavy (non-hydrogen) atoms. The Morgan fingerprint density at radius 2 is 2.06 bits per heavy atom. The molecule has 2 amide bonds. The summed E-state index contributed by atoms with van der Waals surface area (Å²) in [5, 5.41) is 5.69. The first kappa shape index (κ1) is 19.5. The number of benzene rings is 1. The van der Waals surface area contributed by atoms with Gasteiger partial charge in [0.05, 0.1) is 16.7 Å². The highest BCUT2D eigenvalue weighted by atomic mass is 16.5. The molecule has 0 bridgehead atoms. The van der Waals surface area contributed by atoms with Gasteiger partial charge in [0.25, 0.3) is 11.8 Å². The van der Waals surface area contributed by atoms with Crippen LogP contribution in [0, 0.1) is 5.92 Å². The van der Waals surface area contributed by atoms with Crippen molar-refractivity contribution in [3.8, 4) is 5.75 Å². The van der Waals surface area contributed by atoms with E-state index in [1.807, 2.05) is 12.3 Å². The largest absolute Gasteiger partial charge is 0.482 e. The van der Waals surface area contributed by atoms with Gasteiger partial charge >= 0.3 is 0 Å². The van der Waals surface area contributed by atoms with Gasteiger partial charge < -0.3 is 20.4 Å². The molecule has 1 aliphatic heterocycles. The highest BCUT2D eigenvalue weighted by Crippen LogP contribution is 2.30. The maximum Gasteiger partial charge on any atom is 0.272 e. The molecule has 3 N–H and O–H groups in total. The van der Waals surface area contributed by atoms with Crippen LogP contribution in [0.5, 0.6) is 5.75 Å². The Kier molecular flexibility index (Phi) is 5.28. The molecule has 1 fully saturated rings. The van der Waals surface area contributed by atoms with Crippen molar-refractivity contribution in [2.75, 3.05) is 11.9 Å². The first-order chi connectivity index (χ1) is 15.2. The molecule has 8 nitrogen and oxygen atoms in total. The zero-order chi connectivity index (χ0) is 21.2. The van der Waals surface area contributed by atoms with Crippen LogP contribution in [-0.2, 0) is 17.8 Å². The van der Waals surface area contributed by atoms with Crippen LogP contribution < -0.4 is 15.4 Å². The number of nitrogens with zero attached hydrogens (tertiary/aromatic N) is 2. The van der Waals surface area contributed by atoms with Gasteiger partial charge in [-0.05, 0) is 35.6 Å². The molecule has 1 aliphatic carbocycles. The van der Waals surface area contributed by atoms with Crippen LogP contribution >= 0.6 is 0 Å². The van der Waals surface area contributed by atoms with Crippen molar-refractivity contribution in [1.29, 1.82) is 0 Å². The second-order valence-corrected chi connectivity index (χ2v) is 8.32. The number of fused-ring (bicyclic) bond motifs is 2. The highest BCUT2D eigenvalue weighted by Gasteiger charge is 2.20. The number of aromatic nitrogens is 3. The van der Waals surface area contributed by atoms with Crippen molar-refractivity contribution >= 4 is 28.5 Å². The van der Waals surface area contributed by atoms with E-state index in [0.717, 1.165) is 23.1 Å². The number of aromatic amines is 1. The third-order valence-electron chi connectivity index (χ3n) is 6.12. The summed E-state index contributed by atoms with van der Waals surface area (Å²) in [6.45, 7) is 0.328. The lowest BCUT2D eigenvalue weighted by Gasteiger charge is -2.20. The number of ether oxygens (including phenoxy) is 1. The predicted octanol–water partition coefficient (Wildman–Crippen LogP) is 3.34. The lowest BCUT2D eigenvalue weighted by atomic mass is 9.85. The molecule has 0 saturated heterocycles. The monoisotopic (exact) mass is 419 g/mol. The number of H-pyrrole nitrogens is 1. The van der Waals surface area contributed by atoms with E-state index in [4.69, 9.17) is 4.74 Å². The van der Waals surface area contributed by atoms with Gasteiger partial charge in [0.15, 0.2) is 12.3 Å². The van der Waals surface area contributed by atoms with Crippen LogP contribution in [0.25, 0.3) is 11.0 Å². The molecule has 3 aromatic rings. The minimum absolute atomic E-state index is 0.0195. The number of anilines is 1. The Bertz CT molecular complexity index is 1130. The SMILES string of the molecule is O=C1COc2ccc(CNC(=O)c3ncnc4c(CC5CCCCC5)c[nH]c34)cc2N1. The maximum atomic E-state index is 12.9. The van der Waals surface area contributed by atoms with E-state index in [-0.39, 0.29) is 18.4 Å². The number of carbonyl (C=O) groups is 2. The zero-order valence-electron chi connectivity index (χ0n) is 17.2. The number of rotatable bonds is 5. The summed E-state index contributed by atoms with van der Waals surface area (Å²) in [5.41, 5.74) is 4.48. The standard InChI is InChI=1S/C23H25N5O3/c29-19-12-31-18-7-6-15(9-17(18)28-19)10-25-23(30)22-21-20(26-13-27-22)16(11-24-21)8-14-4-2-1-3-5-14/h6-7,9,11,13-14,24H,1-5,8,10,12H2,(H,25,30)(H,28,29). The fraction of sp³-hybridized carbons (Fsp3) is 0.391. The fourth-order valence-electron chi connectivity index (χ4n) is 4.53. The van der Waals surface area contributed by atoms with Crippen molar-refractivity contribution in [2.45, 2.75) is 45.1 Å². The predicted molar refractivity (Wildman–Crippen MR) is 116 cm³/mol. The minimum atomic E-state index is -0.267. The molecule has 1 saturated carbocycles. The smallest absolute Gasteiger partial charge is 0.272 e. The molecule has 160 valence electrons. The molecular formula is C23H25N5O3. The second kappa shape index (κ2) is 8.37. The third kappa shape index (κ3) is 4.10. The fourth-order valence-corrected chi connectivity index (χ4v) is 4.53. The summed E-state index contributed by atoms with van der Waals surface area (Å²) >= 11 is 0. The van der Waals surface area contributed by atoms with Gasteiger partial charge in [-0.1, -0.05) is 38.2 Å². The van der Waals surface area contributed by atoms with Crippen LogP contribution in [0.15, 0.2) is 30.7 Å². The van der Waals surface area contributed by atoms with Crippen molar-refractivity contribution in [1.82, 2.24) is 20.3 Å². The van der Waals surface area contributed by atoms with Gasteiger partial charge in [0, 0.05) is 12.7 Å². The molecule has 0 radical (unpaired) electrons. The van der Waals surface area contributed by atoms with Crippen molar-refractivity contribution < 1.29 is 14.3 Å². The summed E-state index contributed by atoms with van der Waals surface area (Å²) in [6, 6.07) is 5.46. The molecule has 2 aromatic heterocycles. The summed E-state index contributed by atoms with van der Waals surface area (Å²) in [4.78, 5) is 36.3. The van der Waals surface area contributed by atoms with Crippen LogP contribution in [-0.4, -0.2) is 33.4 Å². The van der Waals surface area contributed by atoms with Crippen molar-refractivity contribution in [2.24, 2.45) is 5.92 Å². The molecule has 0 atom stereocenters. The molecular weight excluding hydrogens is 394 g/mol. The number of hydrogen-bond donors (Lipinski definition) is 3. The first-order valence-electron chi connectivity index (χ1n) is 10.8. The summed E-state index contributed by atoms with van der Waals surface area (Å²) in [7, 11) is 0. The van der Waals surface area contributed by atoms with E-state index in [1.54, 1.807) is 12.1 Å². The van der Waals surface area contributed by atoms with Crippen LogP contribution in [0.4, 0.5) is 5.69 Å². The molecule has 3 heterocycles. The van der Waals surface area contributed by atoms with Crippen molar-refractivity contribution in [3.63, 3.8) is 0 Å². The summed E-state index contributed by atoms with van der Waals surface area (Å²) in [6.07, 6.45) is 10.9. The number of carbonyl (C=O) groups excluding carboxylic acids is 2. The third-order valence-corrected chi connectivity index (χ3v) is 6.12. The average molecular weight is 419 g/mol. The molecule has 8 heteroatoms. The topological polar surface area (TPSA) is 109 Å². The first-order valence-corrected chi connectivity index (χ1v) is 10.8. The number of nitrogens with one attached hydrogen (secondary N) is 3. The Labute approximate surface area is 179 Å². The van der Waals surface area contributed by atoms with E-state index >= 15 is 0 Å². The lowest BCUT2D eigenvalue weighted by molar-refractivity contribution is -0.118. The quantitative estimate of drug-likeness (QED) is 0.588.